The number of ether oxygens (including phenoxy) is 1. The zero-order valence-electron chi connectivity index (χ0n) is 15.6. The van der Waals surface area contributed by atoms with E-state index in [9.17, 15) is 9.59 Å². The molecule has 2 heterocycles. The Hall–Kier alpha value is -1.92. The van der Waals surface area contributed by atoms with E-state index in [2.05, 4.69) is 10.2 Å². The number of carbonyl (C=O) groups excluding carboxylic acids is 2. The standard InChI is InChI=1S/C20H29N3O3/c1-16(24)17-6-5-7-18(14-17)21-20(25)23-11-8-19(15-23)26-13-12-22-9-3-2-4-10-22/h5-7,14,19H,2-4,8-13,15H2,1H3,(H,21,25)/t19-/m1/s1. The van der Waals surface area contributed by atoms with Gasteiger partial charge in [-0.05, 0) is 51.4 Å². The van der Waals surface area contributed by atoms with Crippen LogP contribution in [0.15, 0.2) is 24.3 Å². The minimum atomic E-state index is -0.132. The van der Waals surface area contributed by atoms with E-state index >= 15 is 0 Å². The van der Waals surface area contributed by atoms with E-state index in [1.165, 1.54) is 39.3 Å². The summed E-state index contributed by atoms with van der Waals surface area (Å²) in [7, 11) is 0. The summed E-state index contributed by atoms with van der Waals surface area (Å²) in [6, 6.07) is 6.91. The van der Waals surface area contributed by atoms with Gasteiger partial charge < -0.3 is 19.9 Å². The van der Waals surface area contributed by atoms with Crippen LogP contribution in [0.4, 0.5) is 10.5 Å². The summed E-state index contributed by atoms with van der Waals surface area (Å²) in [6.07, 6.45) is 4.93. The van der Waals surface area contributed by atoms with Gasteiger partial charge in [-0.1, -0.05) is 18.6 Å². The molecule has 0 aliphatic carbocycles. The fourth-order valence-corrected chi connectivity index (χ4v) is 3.60. The van der Waals surface area contributed by atoms with Crippen molar-refractivity contribution in [1.29, 1.82) is 0 Å². The predicted molar refractivity (Wildman–Crippen MR) is 102 cm³/mol. The SMILES string of the molecule is CC(=O)c1cccc(NC(=O)N2CC[C@@H](OCCN3CCCCC3)C2)c1. The van der Waals surface area contributed by atoms with Crippen LogP contribution in [0.1, 0.15) is 43.0 Å². The summed E-state index contributed by atoms with van der Waals surface area (Å²) in [5.74, 6) is -0.00978. The van der Waals surface area contributed by atoms with Crippen LogP contribution in [0.2, 0.25) is 0 Å². The van der Waals surface area contributed by atoms with Crippen molar-refractivity contribution in [3.05, 3.63) is 29.8 Å². The molecule has 6 nitrogen and oxygen atoms in total. The topological polar surface area (TPSA) is 61.9 Å². The van der Waals surface area contributed by atoms with Crippen LogP contribution in [-0.4, -0.2) is 67.0 Å². The highest BCUT2D eigenvalue weighted by molar-refractivity contribution is 5.96. The maximum atomic E-state index is 12.4. The molecule has 1 aromatic rings. The molecular formula is C20H29N3O3. The molecule has 0 spiro atoms. The Balaban J connectivity index is 1.41. The van der Waals surface area contributed by atoms with Gasteiger partial charge in [-0.3, -0.25) is 4.79 Å². The molecule has 0 saturated carbocycles. The van der Waals surface area contributed by atoms with E-state index in [0.717, 1.165) is 19.6 Å². The molecule has 2 aliphatic rings. The van der Waals surface area contributed by atoms with Crippen molar-refractivity contribution in [1.82, 2.24) is 9.80 Å². The van der Waals surface area contributed by atoms with Gasteiger partial charge >= 0.3 is 6.03 Å². The molecule has 2 aliphatic heterocycles. The maximum absolute atomic E-state index is 12.4. The maximum Gasteiger partial charge on any atom is 0.321 e. The molecule has 1 aromatic carbocycles. The number of nitrogens with zero attached hydrogens (tertiary/aromatic N) is 2. The van der Waals surface area contributed by atoms with Gasteiger partial charge in [0.1, 0.15) is 0 Å². The van der Waals surface area contributed by atoms with E-state index in [4.69, 9.17) is 4.74 Å². The lowest BCUT2D eigenvalue weighted by Crippen LogP contribution is -2.35. The molecule has 0 unspecified atom stereocenters. The van der Waals surface area contributed by atoms with Gasteiger partial charge in [0.15, 0.2) is 5.78 Å². The van der Waals surface area contributed by atoms with Crippen LogP contribution in [0.3, 0.4) is 0 Å². The first-order chi connectivity index (χ1) is 12.6. The molecule has 2 amide bonds. The van der Waals surface area contributed by atoms with Crippen molar-refractivity contribution < 1.29 is 14.3 Å². The third-order valence-corrected chi connectivity index (χ3v) is 5.16. The van der Waals surface area contributed by atoms with Gasteiger partial charge in [0.2, 0.25) is 0 Å². The molecule has 142 valence electrons. The van der Waals surface area contributed by atoms with Gasteiger partial charge in [-0.25, -0.2) is 4.79 Å². The molecule has 6 heteroatoms. The Bertz CT molecular complexity index is 628. The minimum absolute atomic E-state index is 0.00978. The molecule has 0 radical (unpaired) electrons. The van der Waals surface area contributed by atoms with Crippen LogP contribution in [0.5, 0.6) is 0 Å². The predicted octanol–water partition coefficient (Wildman–Crippen LogP) is 3.00. The Morgan fingerprint density at radius 1 is 1.19 bits per heavy atom. The van der Waals surface area contributed by atoms with Crippen molar-refractivity contribution >= 4 is 17.5 Å². The third kappa shape index (κ3) is 5.29. The van der Waals surface area contributed by atoms with E-state index in [1.54, 1.807) is 29.2 Å². The van der Waals surface area contributed by atoms with Gasteiger partial charge in [0, 0.05) is 30.9 Å². The lowest BCUT2D eigenvalue weighted by molar-refractivity contribution is 0.0416. The number of amides is 2. The zero-order chi connectivity index (χ0) is 18.4. The second-order valence-corrected chi connectivity index (χ2v) is 7.20. The summed E-state index contributed by atoms with van der Waals surface area (Å²) < 4.78 is 5.98. The molecule has 0 aromatic heterocycles. The zero-order valence-corrected chi connectivity index (χ0v) is 15.6. The van der Waals surface area contributed by atoms with E-state index in [-0.39, 0.29) is 17.9 Å². The number of ketones is 1. The molecule has 2 saturated heterocycles. The first-order valence-electron chi connectivity index (χ1n) is 9.63. The first-order valence-corrected chi connectivity index (χ1v) is 9.63. The highest BCUT2D eigenvalue weighted by atomic mass is 16.5. The van der Waals surface area contributed by atoms with Crippen LogP contribution < -0.4 is 5.32 Å². The monoisotopic (exact) mass is 359 g/mol. The lowest BCUT2D eigenvalue weighted by atomic mass is 10.1. The number of hydrogen-bond donors (Lipinski definition) is 1. The Kier molecular flexibility index (Phi) is 6.63. The largest absolute Gasteiger partial charge is 0.375 e. The summed E-state index contributed by atoms with van der Waals surface area (Å²) in [6.45, 7) is 6.93. The van der Waals surface area contributed by atoms with E-state index in [0.29, 0.717) is 24.3 Å². The quantitative estimate of drug-likeness (QED) is 0.793. The first kappa shape index (κ1) is 18.9. The number of hydrogen-bond acceptors (Lipinski definition) is 4. The van der Waals surface area contributed by atoms with Gasteiger partial charge in [-0.15, -0.1) is 0 Å². The van der Waals surface area contributed by atoms with Crippen LogP contribution in [0.25, 0.3) is 0 Å². The number of rotatable bonds is 6. The number of piperidine rings is 1. The molecular weight excluding hydrogens is 330 g/mol. The van der Waals surface area contributed by atoms with Gasteiger partial charge in [0.05, 0.1) is 12.7 Å². The number of nitrogens with one attached hydrogen (secondary N) is 1. The van der Waals surface area contributed by atoms with Crippen molar-refractivity contribution in [3.63, 3.8) is 0 Å². The Morgan fingerprint density at radius 2 is 2.00 bits per heavy atom. The minimum Gasteiger partial charge on any atom is -0.375 e. The van der Waals surface area contributed by atoms with E-state index in [1.807, 2.05) is 0 Å². The number of carbonyl (C=O) groups is 2. The average Bonchev–Trinajstić information content (AvgIpc) is 3.12. The smallest absolute Gasteiger partial charge is 0.321 e. The van der Waals surface area contributed by atoms with Crippen molar-refractivity contribution in [2.75, 3.05) is 44.6 Å². The Morgan fingerprint density at radius 3 is 2.77 bits per heavy atom. The second kappa shape index (κ2) is 9.14. The summed E-state index contributed by atoms with van der Waals surface area (Å²) in [4.78, 5) is 28.1. The summed E-state index contributed by atoms with van der Waals surface area (Å²) >= 11 is 0. The summed E-state index contributed by atoms with van der Waals surface area (Å²) in [5, 5.41) is 2.88. The Labute approximate surface area is 155 Å². The van der Waals surface area contributed by atoms with E-state index < -0.39 is 0 Å². The second-order valence-electron chi connectivity index (χ2n) is 7.20. The van der Waals surface area contributed by atoms with Crippen LogP contribution in [-0.2, 0) is 4.74 Å². The molecule has 1 atom stereocenters. The molecule has 1 N–H and O–H groups in total. The van der Waals surface area contributed by atoms with Crippen molar-refractivity contribution in [2.24, 2.45) is 0 Å². The number of urea groups is 1. The van der Waals surface area contributed by atoms with Crippen molar-refractivity contribution in [2.45, 2.75) is 38.7 Å². The fraction of sp³-hybridized carbons (Fsp3) is 0.600. The number of benzene rings is 1. The number of likely N-dealkylation sites (tertiary alicyclic amines) is 2. The third-order valence-electron chi connectivity index (χ3n) is 5.16. The normalized spacial score (nSPS) is 21.0. The molecule has 26 heavy (non-hydrogen) atoms. The fourth-order valence-electron chi connectivity index (χ4n) is 3.60. The molecule has 2 fully saturated rings. The lowest BCUT2D eigenvalue weighted by Gasteiger charge is -2.26. The average molecular weight is 359 g/mol. The van der Waals surface area contributed by atoms with Crippen LogP contribution >= 0.6 is 0 Å². The highest BCUT2D eigenvalue weighted by Gasteiger charge is 2.27. The van der Waals surface area contributed by atoms with Crippen molar-refractivity contribution in [3.8, 4) is 0 Å². The van der Waals surface area contributed by atoms with Crippen LogP contribution in [0, 0.1) is 0 Å². The highest BCUT2D eigenvalue weighted by Crippen LogP contribution is 2.17. The number of anilines is 1. The molecule has 3 rings (SSSR count). The number of Topliss-reactive ketones (excluding diaryl/α,β-unsaturated/α-hetero) is 1. The summed E-state index contributed by atoms with van der Waals surface area (Å²) in [5.41, 5.74) is 1.25. The van der Waals surface area contributed by atoms with Gasteiger partial charge in [0.25, 0.3) is 0 Å². The van der Waals surface area contributed by atoms with Gasteiger partial charge in [-0.2, -0.15) is 0 Å². The molecule has 0 bridgehead atoms.